The third kappa shape index (κ3) is 2.28. The number of aliphatic hydroxyl groups excluding tert-OH is 1. The Hall–Kier alpha value is -1.50. The largest absolute Gasteiger partial charge is 0.460 e. The number of likely N-dealkylation sites (N-methyl/N-ethyl adjacent to an activating group) is 1. The predicted molar refractivity (Wildman–Crippen MR) is 79.4 cm³/mol. The zero-order valence-electron chi connectivity index (χ0n) is 12.9. The summed E-state index contributed by atoms with van der Waals surface area (Å²) in [4.78, 5) is 14.6. The molecule has 4 unspecified atom stereocenters. The number of hydrogen-bond donors (Lipinski definition) is 1. The molecule has 3 fully saturated rings. The summed E-state index contributed by atoms with van der Waals surface area (Å²) in [5, 5.41) is 9.44. The lowest BCUT2D eigenvalue weighted by atomic mass is 9.95. The van der Waals surface area contributed by atoms with Gasteiger partial charge >= 0.3 is 5.97 Å². The molecule has 3 saturated heterocycles. The average Bonchev–Trinajstić information content (AvgIpc) is 3.33. The Morgan fingerprint density at radius 1 is 1.35 bits per heavy atom. The van der Waals surface area contributed by atoms with Crippen LogP contribution < -0.4 is 0 Å². The van der Waals surface area contributed by atoms with Crippen LogP contribution in [-0.2, 0) is 19.9 Å². The molecule has 0 amide bonds. The van der Waals surface area contributed by atoms with Crippen molar-refractivity contribution in [2.45, 2.75) is 48.9 Å². The van der Waals surface area contributed by atoms with E-state index in [4.69, 9.17) is 9.47 Å². The molecule has 3 heterocycles. The monoisotopic (exact) mass is 321 g/mol. The van der Waals surface area contributed by atoms with Crippen molar-refractivity contribution in [2.24, 2.45) is 0 Å². The van der Waals surface area contributed by atoms with Crippen molar-refractivity contribution >= 4 is 5.97 Å². The SMILES string of the molecule is CN1C2CC(OC(=O)[C@@](F)(CO)c3ccccc3)CC1C1OC12. The van der Waals surface area contributed by atoms with Crippen molar-refractivity contribution in [1.82, 2.24) is 4.90 Å². The van der Waals surface area contributed by atoms with Gasteiger partial charge in [0.1, 0.15) is 18.3 Å². The fraction of sp³-hybridized carbons (Fsp3) is 0.588. The van der Waals surface area contributed by atoms with Crippen molar-refractivity contribution in [3.63, 3.8) is 0 Å². The molecule has 5 nitrogen and oxygen atoms in total. The maximum absolute atomic E-state index is 15.0. The molecule has 0 saturated carbocycles. The van der Waals surface area contributed by atoms with Gasteiger partial charge in [0.25, 0.3) is 5.67 Å². The van der Waals surface area contributed by atoms with Crippen LogP contribution in [0.25, 0.3) is 0 Å². The van der Waals surface area contributed by atoms with E-state index >= 15 is 4.39 Å². The van der Waals surface area contributed by atoms with Gasteiger partial charge in [-0.15, -0.1) is 0 Å². The second kappa shape index (κ2) is 5.26. The molecule has 3 aliphatic heterocycles. The number of ether oxygens (including phenoxy) is 2. The highest BCUT2D eigenvalue weighted by atomic mass is 19.1. The number of carbonyl (C=O) groups is 1. The van der Waals surface area contributed by atoms with Gasteiger partial charge in [0.2, 0.25) is 0 Å². The van der Waals surface area contributed by atoms with E-state index in [9.17, 15) is 9.90 Å². The van der Waals surface area contributed by atoms with Gasteiger partial charge in [-0.3, -0.25) is 4.90 Å². The van der Waals surface area contributed by atoms with Crippen molar-refractivity contribution in [1.29, 1.82) is 0 Å². The number of aliphatic hydroxyl groups is 1. The Bertz CT molecular complexity index is 594. The minimum absolute atomic E-state index is 0.120. The maximum Gasteiger partial charge on any atom is 0.351 e. The van der Waals surface area contributed by atoms with Crippen LogP contribution >= 0.6 is 0 Å². The predicted octanol–water partition coefficient (Wildman–Crippen LogP) is 0.999. The zero-order chi connectivity index (χ0) is 16.2. The van der Waals surface area contributed by atoms with E-state index in [2.05, 4.69) is 11.9 Å². The van der Waals surface area contributed by atoms with Crippen molar-refractivity contribution in [3.05, 3.63) is 35.9 Å². The number of fused-ring (bicyclic) bond motifs is 5. The van der Waals surface area contributed by atoms with Crippen LogP contribution in [0, 0.1) is 0 Å². The van der Waals surface area contributed by atoms with Crippen LogP contribution in [0.2, 0.25) is 0 Å². The summed E-state index contributed by atoms with van der Waals surface area (Å²) in [7, 11) is 2.06. The number of carbonyl (C=O) groups excluding carboxylic acids is 1. The summed E-state index contributed by atoms with van der Waals surface area (Å²) in [6.45, 7) is -0.927. The van der Waals surface area contributed by atoms with Gasteiger partial charge in [-0.2, -0.15) is 0 Å². The molecular formula is C17H20FNO4. The standard InChI is InChI=1S/C17H20FNO4/c1-19-12-7-11(8-13(19)15-14(12)23-15)22-16(21)17(18,9-20)10-5-3-2-4-6-10/h2-6,11-15,20H,7-9H2,1H3/t11?,12?,13?,14?,15?,17-/m1/s1. The molecule has 124 valence electrons. The summed E-state index contributed by atoms with van der Waals surface area (Å²) < 4.78 is 26.1. The lowest BCUT2D eigenvalue weighted by molar-refractivity contribution is -0.171. The van der Waals surface area contributed by atoms with Crippen molar-refractivity contribution in [2.75, 3.05) is 13.7 Å². The van der Waals surface area contributed by atoms with E-state index in [0.717, 1.165) is 0 Å². The van der Waals surface area contributed by atoms with E-state index in [1.807, 2.05) is 0 Å². The molecule has 6 heteroatoms. The van der Waals surface area contributed by atoms with E-state index in [0.29, 0.717) is 12.8 Å². The highest BCUT2D eigenvalue weighted by molar-refractivity contribution is 5.81. The lowest BCUT2D eigenvalue weighted by Gasteiger charge is -2.38. The fourth-order valence-electron chi connectivity index (χ4n) is 4.02. The quantitative estimate of drug-likeness (QED) is 0.662. The van der Waals surface area contributed by atoms with E-state index < -0.39 is 18.2 Å². The lowest BCUT2D eigenvalue weighted by Crippen LogP contribution is -2.49. The summed E-state index contributed by atoms with van der Waals surface area (Å²) in [5.74, 6) is -1.00. The molecule has 0 aromatic heterocycles. The zero-order valence-corrected chi connectivity index (χ0v) is 12.9. The second-order valence-corrected chi connectivity index (χ2v) is 6.69. The van der Waals surface area contributed by atoms with E-state index in [-0.39, 0.29) is 36.0 Å². The summed E-state index contributed by atoms with van der Waals surface area (Å²) in [5.41, 5.74) is -2.39. The Kier molecular flexibility index (Phi) is 3.44. The topological polar surface area (TPSA) is 62.3 Å². The van der Waals surface area contributed by atoms with Crippen LogP contribution in [0.5, 0.6) is 0 Å². The number of epoxide rings is 1. The molecule has 2 bridgehead atoms. The first-order valence-electron chi connectivity index (χ1n) is 7.98. The minimum Gasteiger partial charge on any atom is -0.460 e. The molecule has 5 atom stereocenters. The second-order valence-electron chi connectivity index (χ2n) is 6.69. The van der Waals surface area contributed by atoms with Gasteiger partial charge in [-0.25, -0.2) is 9.18 Å². The summed E-state index contributed by atoms with van der Waals surface area (Å²) in [6.07, 6.45) is 1.44. The van der Waals surface area contributed by atoms with Gasteiger partial charge < -0.3 is 14.6 Å². The van der Waals surface area contributed by atoms with Crippen LogP contribution in [0.1, 0.15) is 18.4 Å². The average molecular weight is 321 g/mol. The molecule has 0 radical (unpaired) electrons. The summed E-state index contributed by atoms with van der Waals surface area (Å²) >= 11 is 0. The number of nitrogens with zero attached hydrogens (tertiary/aromatic N) is 1. The van der Waals surface area contributed by atoms with Gasteiger partial charge in [-0.1, -0.05) is 30.3 Å². The number of hydrogen-bond acceptors (Lipinski definition) is 5. The molecule has 0 spiro atoms. The molecule has 4 rings (SSSR count). The number of morpholine rings is 1. The third-order valence-electron chi connectivity index (χ3n) is 5.42. The highest BCUT2D eigenvalue weighted by Gasteiger charge is 2.63. The number of halogens is 1. The van der Waals surface area contributed by atoms with Crippen molar-refractivity contribution in [3.8, 4) is 0 Å². The molecule has 1 aromatic carbocycles. The van der Waals surface area contributed by atoms with Crippen LogP contribution in [0.15, 0.2) is 30.3 Å². The first-order valence-corrected chi connectivity index (χ1v) is 7.98. The number of benzene rings is 1. The van der Waals surface area contributed by atoms with Crippen LogP contribution in [0.4, 0.5) is 4.39 Å². The number of alkyl halides is 1. The molecule has 3 aliphatic rings. The number of esters is 1. The highest BCUT2D eigenvalue weighted by Crippen LogP contribution is 2.48. The molecule has 1 N–H and O–H groups in total. The summed E-state index contributed by atoms with van der Waals surface area (Å²) in [6, 6.07) is 8.43. The third-order valence-corrected chi connectivity index (χ3v) is 5.42. The van der Waals surface area contributed by atoms with E-state index in [1.54, 1.807) is 18.2 Å². The minimum atomic E-state index is -2.51. The smallest absolute Gasteiger partial charge is 0.351 e. The van der Waals surface area contributed by atoms with Gasteiger partial charge in [0.15, 0.2) is 0 Å². The number of rotatable bonds is 4. The fourth-order valence-corrected chi connectivity index (χ4v) is 4.02. The van der Waals surface area contributed by atoms with Crippen LogP contribution in [0.3, 0.4) is 0 Å². The molecule has 23 heavy (non-hydrogen) atoms. The van der Waals surface area contributed by atoms with Gasteiger partial charge in [0, 0.05) is 30.5 Å². The maximum atomic E-state index is 15.0. The van der Waals surface area contributed by atoms with Gasteiger partial charge in [0.05, 0.1) is 6.61 Å². The normalized spacial score (nSPS) is 37.8. The molecule has 0 aliphatic carbocycles. The van der Waals surface area contributed by atoms with E-state index in [1.165, 1.54) is 12.1 Å². The first kappa shape index (κ1) is 15.1. The van der Waals surface area contributed by atoms with Crippen LogP contribution in [-0.4, -0.2) is 60.0 Å². The molecular weight excluding hydrogens is 301 g/mol. The Morgan fingerprint density at radius 2 is 1.96 bits per heavy atom. The Labute approximate surface area is 134 Å². The number of piperidine rings is 1. The Morgan fingerprint density at radius 3 is 2.52 bits per heavy atom. The Balaban J connectivity index is 1.47. The first-order chi connectivity index (χ1) is 11.0. The van der Waals surface area contributed by atoms with Gasteiger partial charge in [-0.05, 0) is 7.05 Å². The molecule has 1 aromatic rings. The van der Waals surface area contributed by atoms with Crippen molar-refractivity contribution < 1.29 is 23.8 Å².